The number of halogens is 2. The minimum Gasteiger partial charge on any atom is -0.481 e. The second kappa shape index (κ2) is 4.54. The number of aromatic nitrogens is 4. The number of anilines is 2. The van der Waals surface area contributed by atoms with Gasteiger partial charge >= 0.3 is 0 Å². The van der Waals surface area contributed by atoms with E-state index in [1.165, 1.54) is 13.3 Å². The van der Waals surface area contributed by atoms with Crippen LogP contribution in [-0.4, -0.2) is 27.3 Å². The summed E-state index contributed by atoms with van der Waals surface area (Å²) in [5.41, 5.74) is 0. The van der Waals surface area contributed by atoms with Gasteiger partial charge < -0.3 is 10.1 Å². The smallest absolute Gasteiger partial charge is 0.224 e. The molecule has 0 bridgehead atoms. The molecule has 2 N–H and O–H groups in total. The summed E-state index contributed by atoms with van der Waals surface area (Å²) < 4.78 is 4.94. The molecule has 0 aliphatic heterocycles. The van der Waals surface area contributed by atoms with Crippen LogP contribution in [0.3, 0.4) is 0 Å². The van der Waals surface area contributed by atoms with Gasteiger partial charge in [-0.3, -0.25) is 0 Å². The number of ether oxygens (including phenoxy) is 1. The van der Waals surface area contributed by atoms with Gasteiger partial charge in [0.05, 0.1) is 13.3 Å². The Morgan fingerprint density at radius 2 is 2.25 bits per heavy atom. The number of hydrogen-bond acceptors (Lipinski definition) is 5. The van der Waals surface area contributed by atoms with Gasteiger partial charge in [0.25, 0.3) is 0 Å². The monoisotopic (exact) mass is 259 g/mol. The normalized spacial score (nSPS) is 10.2. The molecule has 0 amide bonds. The van der Waals surface area contributed by atoms with Crippen LogP contribution < -0.4 is 10.1 Å². The molecular weight excluding hydrogens is 253 g/mol. The topological polar surface area (TPSA) is 75.7 Å². The highest BCUT2D eigenvalue weighted by molar-refractivity contribution is 6.33. The van der Waals surface area contributed by atoms with Gasteiger partial charge in [-0.15, -0.1) is 0 Å². The third-order valence-corrected chi connectivity index (χ3v) is 2.19. The van der Waals surface area contributed by atoms with Crippen LogP contribution in [0.5, 0.6) is 5.88 Å². The fourth-order valence-electron chi connectivity index (χ4n) is 1.03. The maximum absolute atomic E-state index is 5.87. The van der Waals surface area contributed by atoms with Gasteiger partial charge in [-0.1, -0.05) is 11.6 Å². The van der Waals surface area contributed by atoms with Crippen LogP contribution in [0, 0.1) is 0 Å². The standard InChI is InChI=1S/C8H7Cl2N5O/c1-16-6-2-5(14-15-6)12-7-4(9)3-11-8(10)13-7/h2-3H,1H3,(H2,11,12,13,14,15). The number of H-pyrrole nitrogens is 1. The average Bonchev–Trinajstić information content (AvgIpc) is 2.71. The highest BCUT2D eigenvalue weighted by Crippen LogP contribution is 2.23. The molecule has 0 saturated heterocycles. The number of aromatic amines is 1. The molecule has 0 radical (unpaired) electrons. The lowest BCUT2D eigenvalue weighted by molar-refractivity contribution is 0.397. The predicted molar refractivity (Wildman–Crippen MR) is 60.5 cm³/mol. The molecule has 2 aromatic heterocycles. The Kier molecular flexibility index (Phi) is 3.12. The van der Waals surface area contributed by atoms with E-state index >= 15 is 0 Å². The largest absolute Gasteiger partial charge is 0.481 e. The molecule has 6 nitrogen and oxygen atoms in total. The van der Waals surface area contributed by atoms with Crippen molar-refractivity contribution >= 4 is 34.8 Å². The van der Waals surface area contributed by atoms with Crippen molar-refractivity contribution in [2.75, 3.05) is 12.4 Å². The third-order valence-electron chi connectivity index (χ3n) is 1.74. The Morgan fingerprint density at radius 3 is 2.94 bits per heavy atom. The lowest BCUT2D eigenvalue weighted by Crippen LogP contribution is -1.96. The van der Waals surface area contributed by atoms with Crippen molar-refractivity contribution in [2.24, 2.45) is 0 Å². The van der Waals surface area contributed by atoms with Gasteiger partial charge in [0, 0.05) is 6.07 Å². The van der Waals surface area contributed by atoms with E-state index in [2.05, 4.69) is 25.5 Å². The zero-order valence-corrected chi connectivity index (χ0v) is 9.67. The fraction of sp³-hybridized carbons (Fsp3) is 0.125. The van der Waals surface area contributed by atoms with Crippen molar-refractivity contribution in [3.63, 3.8) is 0 Å². The summed E-state index contributed by atoms with van der Waals surface area (Å²) in [5, 5.41) is 9.92. The van der Waals surface area contributed by atoms with Gasteiger partial charge in [-0.05, 0) is 11.6 Å². The molecule has 0 aromatic carbocycles. The highest BCUT2D eigenvalue weighted by atomic mass is 35.5. The van der Waals surface area contributed by atoms with E-state index in [0.29, 0.717) is 22.5 Å². The summed E-state index contributed by atoms with van der Waals surface area (Å²) in [6.07, 6.45) is 1.41. The van der Waals surface area contributed by atoms with E-state index in [1.54, 1.807) is 6.07 Å². The molecule has 2 aromatic rings. The first-order chi connectivity index (χ1) is 7.69. The first-order valence-electron chi connectivity index (χ1n) is 4.23. The Hall–Kier alpha value is -1.53. The van der Waals surface area contributed by atoms with Gasteiger partial charge in [-0.2, -0.15) is 10.1 Å². The number of methoxy groups -OCH3 is 1. The molecule has 0 unspecified atom stereocenters. The summed E-state index contributed by atoms with van der Waals surface area (Å²) in [7, 11) is 1.53. The summed E-state index contributed by atoms with van der Waals surface area (Å²) >= 11 is 11.5. The lowest BCUT2D eigenvalue weighted by atomic mass is 10.5. The van der Waals surface area contributed by atoms with Crippen molar-refractivity contribution < 1.29 is 4.74 Å². The molecule has 84 valence electrons. The first-order valence-corrected chi connectivity index (χ1v) is 4.99. The molecule has 16 heavy (non-hydrogen) atoms. The average molecular weight is 260 g/mol. The zero-order valence-electron chi connectivity index (χ0n) is 8.16. The predicted octanol–water partition coefficient (Wildman–Crippen LogP) is 2.26. The van der Waals surface area contributed by atoms with Crippen molar-refractivity contribution in [1.29, 1.82) is 0 Å². The highest BCUT2D eigenvalue weighted by Gasteiger charge is 2.07. The Morgan fingerprint density at radius 1 is 1.44 bits per heavy atom. The maximum atomic E-state index is 5.87. The molecule has 0 aliphatic carbocycles. The summed E-state index contributed by atoms with van der Waals surface area (Å²) in [4.78, 5) is 7.65. The number of rotatable bonds is 3. The summed E-state index contributed by atoms with van der Waals surface area (Å²) in [5.74, 6) is 1.43. The van der Waals surface area contributed by atoms with E-state index in [0.717, 1.165) is 0 Å². The first kappa shape index (κ1) is 11.0. The Balaban J connectivity index is 2.22. The molecule has 0 aliphatic rings. The van der Waals surface area contributed by atoms with Crippen LogP contribution in [0.1, 0.15) is 0 Å². The van der Waals surface area contributed by atoms with Crippen LogP contribution >= 0.6 is 23.2 Å². The molecule has 0 fully saturated rings. The van der Waals surface area contributed by atoms with E-state index in [1.807, 2.05) is 0 Å². The van der Waals surface area contributed by atoms with Crippen molar-refractivity contribution in [1.82, 2.24) is 20.2 Å². The van der Waals surface area contributed by atoms with Crippen molar-refractivity contribution in [3.05, 3.63) is 22.6 Å². The molecule has 0 atom stereocenters. The molecule has 8 heteroatoms. The fourth-order valence-corrected chi connectivity index (χ4v) is 1.30. The molecule has 0 spiro atoms. The quantitative estimate of drug-likeness (QED) is 0.828. The van der Waals surface area contributed by atoms with Crippen LogP contribution in [0.2, 0.25) is 10.3 Å². The van der Waals surface area contributed by atoms with Crippen LogP contribution in [0.4, 0.5) is 11.6 Å². The zero-order chi connectivity index (χ0) is 11.5. The van der Waals surface area contributed by atoms with E-state index in [9.17, 15) is 0 Å². The van der Waals surface area contributed by atoms with E-state index in [-0.39, 0.29) is 5.28 Å². The van der Waals surface area contributed by atoms with Crippen LogP contribution in [0.25, 0.3) is 0 Å². The van der Waals surface area contributed by atoms with E-state index in [4.69, 9.17) is 27.9 Å². The Bertz CT molecular complexity index is 501. The summed E-state index contributed by atoms with van der Waals surface area (Å²) in [6, 6.07) is 1.66. The van der Waals surface area contributed by atoms with Crippen molar-refractivity contribution in [3.8, 4) is 5.88 Å². The second-order valence-electron chi connectivity index (χ2n) is 2.78. The van der Waals surface area contributed by atoms with Gasteiger partial charge in [0.15, 0.2) is 11.6 Å². The van der Waals surface area contributed by atoms with Gasteiger partial charge in [-0.25, -0.2) is 10.1 Å². The molecule has 0 saturated carbocycles. The SMILES string of the molecule is COc1cc(Nc2nc(Cl)ncc2Cl)n[nH]1. The number of nitrogens with zero attached hydrogens (tertiary/aromatic N) is 3. The molecule has 2 heterocycles. The van der Waals surface area contributed by atoms with E-state index < -0.39 is 0 Å². The van der Waals surface area contributed by atoms with Crippen LogP contribution in [-0.2, 0) is 0 Å². The maximum Gasteiger partial charge on any atom is 0.224 e. The second-order valence-corrected chi connectivity index (χ2v) is 3.53. The van der Waals surface area contributed by atoms with Gasteiger partial charge in [0.2, 0.25) is 11.2 Å². The minimum atomic E-state index is 0.106. The molecule has 2 rings (SSSR count). The van der Waals surface area contributed by atoms with Crippen LogP contribution in [0.15, 0.2) is 12.3 Å². The number of hydrogen-bond donors (Lipinski definition) is 2. The van der Waals surface area contributed by atoms with Crippen molar-refractivity contribution in [2.45, 2.75) is 0 Å². The minimum absolute atomic E-state index is 0.106. The van der Waals surface area contributed by atoms with Gasteiger partial charge in [0.1, 0.15) is 5.02 Å². The Labute approximate surface area is 101 Å². The number of nitrogens with one attached hydrogen (secondary N) is 2. The lowest BCUT2D eigenvalue weighted by Gasteiger charge is -2.03. The third kappa shape index (κ3) is 2.34. The molecular formula is C8H7Cl2N5O. The summed E-state index contributed by atoms with van der Waals surface area (Å²) in [6.45, 7) is 0.